The van der Waals surface area contributed by atoms with Crippen LogP contribution in [0.4, 0.5) is 11.4 Å². The Morgan fingerprint density at radius 3 is 2.06 bits per heavy atom. The number of nitrogens with one attached hydrogen (secondary N) is 1. The first kappa shape index (κ1) is 27.9. The molecule has 0 aliphatic heterocycles. The maximum absolute atomic E-state index is 6.89. The van der Waals surface area contributed by atoms with Gasteiger partial charge in [0, 0.05) is 39.0 Å². The molecule has 0 amide bonds. The Morgan fingerprint density at radius 1 is 0.449 bits per heavy atom. The first-order chi connectivity index (χ1) is 24.0. The topological polar surface area (TPSA) is 25.2 Å². The molecular weight excluding hydrogens is 595 g/mol. The molecule has 10 rings (SSSR count). The average Bonchev–Trinajstić information content (AvgIpc) is 3.63. The number of furan rings is 1. The molecule has 0 saturated carbocycles. The van der Waals surface area contributed by atoms with Gasteiger partial charge in [0.1, 0.15) is 11.2 Å². The molecule has 1 aromatic heterocycles. The predicted molar refractivity (Wildman–Crippen MR) is 207 cm³/mol. The lowest BCUT2D eigenvalue weighted by molar-refractivity contribution is 0.660. The van der Waals surface area contributed by atoms with Crippen molar-refractivity contribution >= 4 is 54.9 Å². The van der Waals surface area contributed by atoms with Crippen LogP contribution in [0.25, 0.3) is 76.9 Å². The van der Waals surface area contributed by atoms with Crippen molar-refractivity contribution in [2.45, 2.75) is 19.3 Å². The quantitative estimate of drug-likeness (QED) is 0.210. The van der Waals surface area contributed by atoms with Crippen LogP contribution in [-0.2, 0) is 5.41 Å². The van der Waals surface area contributed by atoms with E-state index in [1.54, 1.807) is 0 Å². The Morgan fingerprint density at radius 2 is 1.18 bits per heavy atom. The van der Waals surface area contributed by atoms with E-state index in [9.17, 15) is 0 Å². The molecule has 1 aliphatic rings. The fourth-order valence-corrected chi connectivity index (χ4v) is 8.19. The molecule has 0 fully saturated rings. The highest BCUT2D eigenvalue weighted by Crippen LogP contribution is 2.50. The van der Waals surface area contributed by atoms with Crippen LogP contribution in [0, 0.1) is 0 Å². The fourth-order valence-electron chi connectivity index (χ4n) is 8.19. The zero-order valence-corrected chi connectivity index (χ0v) is 27.4. The summed E-state index contributed by atoms with van der Waals surface area (Å²) in [5, 5.41) is 10.8. The fraction of sp³-hybridized carbons (Fsp3) is 0.0638. The monoisotopic (exact) mass is 627 g/mol. The summed E-state index contributed by atoms with van der Waals surface area (Å²) in [6, 6.07) is 57.0. The van der Waals surface area contributed by atoms with Crippen LogP contribution in [0.3, 0.4) is 0 Å². The highest BCUT2D eigenvalue weighted by Gasteiger charge is 2.35. The van der Waals surface area contributed by atoms with Crippen molar-refractivity contribution in [1.82, 2.24) is 0 Å². The maximum Gasteiger partial charge on any atom is 0.143 e. The predicted octanol–water partition coefficient (Wildman–Crippen LogP) is 13.3. The second-order valence-electron chi connectivity index (χ2n) is 13.8. The highest BCUT2D eigenvalue weighted by molar-refractivity contribution is 6.22. The van der Waals surface area contributed by atoms with Gasteiger partial charge in [-0.15, -0.1) is 0 Å². The molecular formula is C47H33NO. The lowest BCUT2D eigenvalue weighted by Gasteiger charge is -2.22. The van der Waals surface area contributed by atoms with E-state index in [-0.39, 0.29) is 5.41 Å². The molecule has 0 saturated heterocycles. The Balaban J connectivity index is 1.20. The summed E-state index contributed by atoms with van der Waals surface area (Å²) in [7, 11) is 0. The van der Waals surface area contributed by atoms with E-state index < -0.39 is 0 Å². The third-order valence-corrected chi connectivity index (χ3v) is 10.6. The number of rotatable bonds is 4. The molecule has 0 atom stereocenters. The molecule has 1 aliphatic carbocycles. The maximum atomic E-state index is 6.89. The van der Waals surface area contributed by atoms with Crippen molar-refractivity contribution in [2.75, 3.05) is 5.32 Å². The van der Waals surface area contributed by atoms with Gasteiger partial charge in [-0.05, 0) is 91.0 Å². The van der Waals surface area contributed by atoms with E-state index in [1.165, 1.54) is 49.5 Å². The number of benzene rings is 8. The number of hydrogen-bond donors (Lipinski definition) is 1. The Labute approximate surface area is 285 Å². The minimum Gasteiger partial charge on any atom is -0.455 e. The summed E-state index contributed by atoms with van der Waals surface area (Å²) in [4.78, 5) is 0. The Bertz CT molecular complexity index is 2770. The third kappa shape index (κ3) is 4.27. The van der Waals surface area contributed by atoms with Crippen molar-refractivity contribution < 1.29 is 4.42 Å². The van der Waals surface area contributed by atoms with E-state index in [2.05, 4.69) is 177 Å². The molecule has 0 unspecified atom stereocenters. The summed E-state index contributed by atoms with van der Waals surface area (Å²) in [6.07, 6.45) is 0. The van der Waals surface area contributed by atoms with Crippen LogP contribution in [0.15, 0.2) is 162 Å². The van der Waals surface area contributed by atoms with E-state index in [0.29, 0.717) is 0 Å². The van der Waals surface area contributed by atoms with E-state index in [0.717, 1.165) is 49.8 Å². The molecule has 2 heteroatoms. The van der Waals surface area contributed by atoms with Crippen LogP contribution in [-0.4, -0.2) is 0 Å². The lowest BCUT2D eigenvalue weighted by Crippen LogP contribution is -2.15. The summed E-state index contributed by atoms with van der Waals surface area (Å²) >= 11 is 0. The van der Waals surface area contributed by atoms with Gasteiger partial charge in [-0.2, -0.15) is 0 Å². The van der Waals surface area contributed by atoms with Crippen molar-refractivity contribution in [3.63, 3.8) is 0 Å². The Kier molecular flexibility index (Phi) is 5.95. The largest absolute Gasteiger partial charge is 0.455 e. The van der Waals surface area contributed by atoms with E-state index in [1.807, 2.05) is 0 Å². The van der Waals surface area contributed by atoms with Crippen molar-refractivity contribution in [3.8, 4) is 33.4 Å². The minimum absolute atomic E-state index is 0.0694. The van der Waals surface area contributed by atoms with Gasteiger partial charge >= 0.3 is 0 Å². The summed E-state index contributed by atoms with van der Waals surface area (Å²) in [5.41, 5.74) is 13.9. The first-order valence-corrected chi connectivity index (χ1v) is 17.0. The second-order valence-corrected chi connectivity index (χ2v) is 13.8. The summed E-state index contributed by atoms with van der Waals surface area (Å²) < 4.78 is 6.89. The summed E-state index contributed by atoms with van der Waals surface area (Å²) in [5.74, 6) is 0. The molecule has 2 nitrogen and oxygen atoms in total. The molecule has 0 radical (unpaired) electrons. The SMILES string of the molecule is CC1(C)c2ccccc2-c2ccc(Nc3cc(-c4ccc5ccccc5c4)c4c(c3)oc3c5ccccc5c(-c5ccccc5)cc34)cc21. The van der Waals surface area contributed by atoms with Gasteiger partial charge in [0.15, 0.2) is 0 Å². The van der Waals surface area contributed by atoms with Crippen LogP contribution < -0.4 is 5.32 Å². The van der Waals surface area contributed by atoms with Gasteiger partial charge in [-0.25, -0.2) is 0 Å². The lowest BCUT2D eigenvalue weighted by atomic mass is 9.82. The zero-order chi connectivity index (χ0) is 32.7. The first-order valence-electron chi connectivity index (χ1n) is 17.0. The van der Waals surface area contributed by atoms with Gasteiger partial charge in [0.25, 0.3) is 0 Å². The molecule has 0 bridgehead atoms. The normalized spacial score (nSPS) is 13.3. The smallest absolute Gasteiger partial charge is 0.143 e. The van der Waals surface area contributed by atoms with Crippen molar-refractivity contribution in [2.24, 2.45) is 0 Å². The molecule has 1 heterocycles. The third-order valence-electron chi connectivity index (χ3n) is 10.6. The summed E-state index contributed by atoms with van der Waals surface area (Å²) in [6.45, 7) is 4.65. The van der Waals surface area contributed by atoms with Gasteiger partial charge in [0.2, 0.25) is 0 Å². The molecule has 49 heavy (non-hydrogen) atoms. The van der Waals surface area contributed by atoms with Crippen LogP contribution in [0.2, 0.25) is 0 Å². The van der Waals surface area contributed by atoms with Crippen LogP contribution >= 0.6 is 0 Å². The number of hydrogen-bond acceptors (Lipinski definition) is 2. The standard InChI is InChI=1S/C47H33NO/c1-47(2)42-19-11-10-17-36(42)37-23-22-33(26-43(37)47)48-34-25-40(32-21-20-29-12-6-7-15-31(29)24-32)45-41-28-39(30-13-4-3-5-14-30)35-16-8-9-18-38(35)46(41)49-44(45)27-34/h3-28,48H,1-2H3. The van der Waals surface area contributed by atoms with Gasteiger partial charge < -0.3 is 9.73 Å². The number of anilines is 2. The number of fused-ring (bicyclic) bond motifs is 9. The average molecular weight is 628 g/mol. The molecule has 1 N–H and O–H groups in total. The molecule has 232 valence electrons. The molecule has 8 aromatic carbocycles. The minimum atomic E-state index is -0.0694. The molecule has 0 spiro atoms. The van der Waals surface area contributed by atoms with Crippen molar-refractivity contribution in [1.29, 1.82) is 0 Å². The van der Waals surface area contributed by atoms with Gasteiger partial charge in [-0.3, -0.25) is 0 Å². The zero-order valence-electron chi connectivity index (χ0n) is 27.4. The molecule has 9 aromatic rings. The van der Waals surface area contributed by atoms with Crippen LogP contribution in [0.5, 0.6) is 0 Å². The van der Waals surface area contributed by atoms with Crippen molar-refractivity contribution in [3.05, 3.63) is 169 Å². The van der Waals surface area contributed by atoms with Crippen LogP contribution in [0.1, 0.15) is 25.0 Å². The highest BCUT2D eigenvalue weighted by atomic mass is 16.3. The van der Waals surface area contributed by atoms with Gasteiger partial charge in [-0.1, -0.05) is 135 Å². The van der Waals surface area contributed by atoms with E-state index in [4.69, 9.17) is 4.42 Å². The Hall–Kier alpha value is -6.12. The van der Waals surface area contributed by atoms with Gasteiger partial charge in [0.05, 0.1) is 0 Å². The van der Waals surface area contributed by atoms with E-state index >= 15 is 0 Å². The second kappa shape index (κ2) is 10.4.